The normalized spacial score (nSPS) is 12.6. The van der Waals surface area contributed by atoms with Crippen LogP contribution in [0.5, 0.6) is 0 Å². The molecule has 1 aromatic carbocycles. The lowest BCUT2D eigenvalue weighted by atomic mass is 10.1. The molecule has 88 valence electrons. The molecule has 0 aliphatic carbocycles. The number of nitrogens with two attached hydrogens (primary N) is 1. The van der Waals surface area contributed by atoms with Crippen LogP contribution in [0.1, 0.15) is 13.8 Å². The lowest BCUT2D eigenvalue weighted by Crippen LogP contribution is -2.39. The van der Waals surface area contributed by atoms with Gasteiger partial charge < -0.3 is 11.1 Å². The van der Waals surface area contributed by atoms with E-state index in [1.807, 2.05) is 13.8 Å². The number of carbonyl (C=O) groups is 1. The van der Waals surface area contributed by atoms with Crippen molar-refractivity contribution in [3.63, 3.8) is 0 Å². The Morgan fingerprint density at radius 1 is 1.38 bits per heavy atom. The summed E-state index contributed by atoms with van der Waals surface area (Å²) < 4.78 is 0. The Labute approximate surface area is 105 Å². The molecule has 0 aliphatic heterocycles. The predicted octanol–water partition coefficient (Wildman–Crippen LogP) is 2.92. The summed E-state index contributed by atoms with van der Waals surface area (Å²) in [5.41, 5.74) is 6.19. The third-order valence-corrected chi connectivity index (χ3v) is 3.05. The summed E-state index contributed by atoms with van der Waals surface area (Å²) in [5.74, 6) is -0.197. The van der Waals surface area contributed by atoms with Gasteiger partial charge in [0.2, 0.25) is 5.91 Å². The number of carbonyl (C=O) groups excluding carboxylic acids is 1. The summed E-state index contributed by atoms with van der Waals surface area (Å²) in [6, 6.07) is 4.49. The molecule has 0 heterocycles. The molecule has 3 N–H and O–H groups in total. The average molecular weight is 261 g/mol. The zero-order chi connectivity index (χ0) is 12.3. The van der Waals surface area contributed by atoms with Crippen molar-refractivity contribution in [2.45, 2.75) is 19.9 Å². The standard InChI is InChI=1S/C11H14Cl2N2O/c1-6(2)10(14)11(16)15-8-5-3-4-7(12)9(8)13/h3-6,10H,14H2,1-2H3,(H,15,16)/t10-/m0/s1. The van der Waals surface area contributed by atoms with Crippen molar-refractivity contribution >= 4 is 34.8 Å². The Morgan fingerprint density at radius 2 is 2.00 bits per heavy atom. The Bertz CT molecular complexity index is 394. The molecule has 0 fully saturated rings. The maximum absolute atomic E-state index is 11.7. The second-order valence-corrected chi connectivity index (χ2v) is 4.65. The highest BCUT2D eigenvalue weighted by Crippen LogP contribution is 2.29. The van der Waals surface area contributed by atoms with Crippen LogP contribution in [-0.4, -0.2) is 11.9 Å². The number of hydrogen-bond acceptors (Lipinski definition) is 2. The Kier molecular flexibility index (Phi) is 4.59. The van der Waals surface area contributed by atoms with Gasteiger partial charge >= 0.3 is 0 Å². The molecule has 0 saturated heterocycles. The van der Waals surface area contributed by atoms with Gasteiger partial charge in [0.05, 0.1) is 21.8 Å². The van der Waals surface area contributed by atoms with E-state index in [1.165, 1.54) is 0 Å². The molecule has 1 atom stereocenters. The fourth-order valence-corrected chi connectivity index (χ4v) is 1.47. The van der Waals surface area contributed by atoms with E-state index in [0.717, 1.165) is 0 Å². The zero-order valence-electron chi connectivity index (χ0n) is 9.13. The second-order valence-electron chi connectivity index (χ2n) is 3.86. The van der Waals surface area contributed by atoms with E-state index < -0.39 is 6.04 Å². The van der Waals surface area contributed by atoms with Crippen molar-refractivity contribution in [2.24, 2.45) is 11.7 Å². The van der Waals surface area contributed by atoms with Gasteiger partial charge in [0, 0.05) is 0 Å². The van der Waals surface area contributed by atoms with Crippen molar-refractivity contribution in [3.05, 3.63) is 28.2 Å². The van der Waals surface area contributed by atoms with Crippen LogP contribution in [0.3, 0.4) is 0 Å². The molecule has 1 amide bonds. The second kappa shape index (κ2) is 5.53. The summed E-state index contributed by atoms with van der Waals surface area (Å²) in [5, 5.41) is 3.38. The third kappa shape index (κ3) is 3.11. The lowest BCUT2D eigenvalue weighted by Gasteiger charge is -2.16. The minimum absolute atomic E-state index is 0.0676. The highest BCUT2D eigenvalue weighted by Gasteiger charge is 2.18. The molecule has 0 spiro atoms. The van der Waals surface area contributed by atoms with Crippen LogP contribution in [0.25, 0.3) is 0 Å². The van der Waals surface area contributed by atoms with E-state index in [1.54, 1.807) is 18.2 Å². The van der Waals surface area contributed by atoms with E-state index in [9.17, 15) is 4.79 Å². The number of amides is 1. The van der Waals surface area contributed by atoms with Gasteiger partial charge in [-0.25, -0.2) is 0 Å². The third-order valence-electron chi connectivity index (χ3n) is 2.23. The van der Waals surface area contributed by atoms with Crippen molar-refractivity contribution in [1.82, 2.24) is 0 Å². The van der Waals surface area contributed by atoms with Gasteiger partial charge in [-0.15, -0.1) is 0 Å². The average Bonchev–Trinajstić information content (AvgIpc) is 2.23. The predicted molar refractivity (Wildman–Crippen MR) is 67.9 cm³/mol. The van der Waals surface area contributed by atoms with Gasteiger partial charge in [0.15, 0.2) is 0 Å². The molecule has 16 heavy (non-hydrogen) atoms. The summed E-state index contributed by atoms with van der Waals surface area (Å²) in [7, 11) is 0. The van der Waals surface area contributed by atoms with Crippen molar-refractivity contribution in [2.75, 3.05) is 5.32 Å². The maximum Gasteiger partial charge on any atom is 0.241 e. The minimum Gasteiger partial charge on any atom is -0.323 e. The first-order chi connectivity index (χ1) is 7.43. The van der Waals surface area contributed by atoms with Crippen LogP contribution in [0, 0.1) is 5.92 Å². The molecule has 3 nitrogen and oxygen atoms in total. The van der Waals surface area contributed by atoms with Gasteiger partial charge in [0.25, 0.3) is 0 Å². The highest BCUT2D eigenvalue weighted by atomic mass is 35.5. The fraction of sp³-hybridized carbons (Fsp3) is 0.364. The molecule has 1 rings (SSSR count). The number of anilines is 1. The van der Waals surface area contributed by atoms with Crippen LogP contribution < -0.4 is 11.1 Å². The summed E-state index contributed by atoms with van der Waals surface area (Å²) in [6.07, 6.45) is 0. The quantitative estimate of drug-likeness (QED) is 0.878. The minimum atomic E-state index is -0.560. The van der Waals surface area contributed by atoms with Crippen LogP contribution in [0.2, 0.25) is 10.0 Å². The van der Waals surface area contributed by atoms with Gasteiger partial charge in [-0.3, -0.25) is 4.79 Å². The molecule has 0 aromatic heterocycles. The molecule has 0 aliphatic rings. The highest BCUT2D eigenvalue weighted by molar-refractivity contribution is 6.44. The number of benzene rings is 1. The number of nitrogens with one attached hydrogen (secondary N) is 1. The van der Waals surface area contributed by atoms with E-state index in [-0.39, 0.29) is 11.8 Å². The largest absolute Gasteiger partial charge is 0.323 e. The maximum atomic E-state index is 11.7. The van der Waals surface area contributed by atoms with Crippen LogP contribution in [0.4, 0.5) is 5.69 Å². The molecule has 0 saturated carbocycles. The van der Waals surface area contributed by atoms with Gasteiger partial charge in [-0.05, 0) is 18.1 Å². The van der Waals surface area contributed by atoms with E-state index in [2.05, 4.69) is 5.32 Å². The number of halogens is 2. The molecule has 0 radical (unpaired) electrons. The molecular weight excluding hydrogens is 247 g/mol. The molecule has 0 bridgehead atoms. The first-order valence-corrected chi connectivity index (χ1v) is 5.69. The van der Waals surface area contributed by atoms with Crippen molar-refractivity contribution in [3.8, 4) is 0 Å². The Hall–Kier alpha value is -0.770. The van der Waals surface area contributed by atoms with Crippen LogP contribution >= 0.6 is 23.2 Å². The zero-order valence-corrected chi connectivity index (χ0v) is 10.6. The van der Waals surface area contributed by atoms with Gasteiger partial charge in [-0.2, -0.15) is 0 Å². The SMILES string of the molecule is CC(C)[C@H](N)C(=O)Nc1cccc(Cl)c1Cl. The summed E-state index contributed by atoms with van der Waals surface area (Å²) in [6.45, 7) is 3.76. The van der Waals surface area contributed by atoms with Crippen LogP contribution in [0.15, 0.2) is 18.2 Å². The lowest BCUT2D eigenvalue weighted by molar-refractivity contribution is -0.118. The topological polar surface area (TPSA) is 55.1 Å². The summed E-state index contributed by atoms with van der Waals surface area (Å²) >= 11 is 11.8. The van der Waals surface area contributed by atoms with Crippen molar-refractivity contribution < 1.29 is 4.79 Å². The van der Waals surface area contributed by atoms with Crippen LogP contribution in [-0.2, 0) is 4.79 Å². The number of rotatable bonds is 3. The number of hydrogen-bond donors (Lipinski definition) is 2. The first kappa shape index (κ1) is 13.3. The van der Waals surface area contributed by atoms with Crippen molar-refractivity contribution in [1.29, 1.82) is 0 Å². The van der Waals surface area contributed by atoms with E-state index >= 15 is 0 Å². The van der Waals surface area contributed by atoms with E-state index in [0.29, 0.717) is 15.7 Å². The molecule has 5 heteroatoms. The smallest absolute Gasteiger partial charge is 0.241 e. The van der Waals surface area contributed by atoms with Gasteiger partial charge in [0.1, 0.15) is 0 Å². The Morgan fingerprint density at radius 3 is 2.56 bits per heavy atom. The molecule has 0 unspecified atom stereocenters. The molecule has 1 aromatic rings. The monoisotopic (exact) mass is 260 g/mol. The summed E-state index contributed by atoms with van der Waals surface area (Å²) in [4.78, 5) is 11.7. The first-order valence-electron chi connectivity index (χ1n) is 4.94. The Balaban J connectivity index is 2.81. The molecular formula is C11H14Cl2N2O. The van der Waals surface area contributed by atoms with Gasteiger partial charge in [-0.1, -0.05) is 43.1 Å². The van der Waals surface area contributed by atoms with E-state index in [4.69, 9.17) is 28.9 Å². The fourth-order valence-electron chi connectivity index (χ4n) is 1.12.